The van der Waals surface area contributed by atoms with Crippen LogP contribution < -0.4 is 5.73 Å². The lowest BCUT2D eigenvalue weighted by molar-refractivity contribution is 0.353. The van der Waals surface area contributed by atoms with E-state index in [4.69, 9.17) is 5.73 Å². The van der Waals surface area contributed by atoms with Crippen LogP contribution in [0.25, 0.3) is 10.9 Å². The Bertz CT molecular complexity index is 595. The second kappa shape index (κ2) is 4.11. The van der Waals surface area contributed by atoms with E-state index >= 15 is 0 Å². The molecule has 1 atom stereocenters. The van der Waals surface area contributed by atoms with Crippen molar-refractivity contribution in [2.24, 2.45) is 12.8 Å². The van der Waals surface area contributed by atoms with Crippen LogP contribution >= 0.6 is 0 Å². The van der Waals surface area contributed by atoms with E-state index < -0.39 is 0 Å². The molecule has 96 valence electrons. The summed E-state index contributed by atoms with van der Waals surface area (Å²) in [6, 6.07) is 4.93. The molecule has 0 saturated carbocycles. The van der Waals surface area contributed by atoms with Crippen LogP contribution in [0.3, 0.4) is 0 Å². The van der Waals surface area contributed by atoms with Crippen LogP contribution in [-0.4, -0.2) is 22.6 Å². The Hall–Kier alpha value is -1.32. The Balaban J connectivity index is 2.15. The quantitative estimate of drug-likeness (QED) is 0.875. The average Bonchev–Trinajstić information content (AvgIpc) is 2.76. The van der Waals surface area contributed by atoms with Crippen LogP contribution in [0.5, 0.6) is 0 Å². The molecule has 0 amide bonds. The first-order chi connectivity index (χ1) is 8.54. The molecule has 1 unspecified atom stereocenters. The molecular formula is C15H21N3. The van der Waals surface area contributed by atoms with Gasteiger partial charge in [0.05, 0.1) is 0 Å². The van der Waals surface area contributed by atoms with Gasteiger partial charge in [-0.3, -0.25) is 4.90 Å². The number of nitrogens with zero attached hydrogens (tertiary/aromatic N) is 2. The predicted octanol–water partition coefficient (Wildman–Crippen LogP) is 2.01. The molecule has 0 aliphatic carbocycles. The zero-order chi connectivity index (χ0) is 12.9. The number of hydrogen-bond acceptors (Lipinski definition) is 2. The van der Waals surface area contributed by atoms with Crippen molar-refractivity contribution in [1.29, 1.82) is 0 Å². The minimum absolute atomic E-state index is 0.214. The van der Waals surface area contributed by atoms with Crippen molar-refractivity contribution in [2.75, 3.05) is 7.05 Å². The number of benzene rings is 1. The summed E-state index contributed by atoms with van der Waals surface area (Å²) in [6.45, 7) is 4.21. The summed E-state index contributed by atoms with van der Waals surface area (Å²) in [7, 11) is 4.30. The lowest BCUT2D eigenvalue weighted by Gasteiger charge is -2.04. The van der Waals surface area contributed by atoms with E-state index in [2.05, 4.69) is 48.8 Å². The summed E-state index contributed by atoms with van der Waals surface area (Å²) in [5, 5.41) is 1.38. The molecule has 0 fully saturated rings. The molecule has 1 aromatic carbocycles. The minimum Gasteiger partial charge on any atom is -0.350 e. The number of rotatable bonds is 2. The van der Waals surface area contributed by atoms with Crippen LogP contribution in [0.4, 0.5) is 0 Å². The summed E-state index contributed by atoms with van der Waals surface area (Å²) in [4.78, 5) is 2.36. The van der Waals surface area contributed by atoms with Crippen molar-refractivity contribution < 1.29 is 0 Å². The van der Waals surface area contributed by atoms with E-state index in [9.17, 15) is 0 Å². The topological polar surface area (TPSA) is 34.2 Å². The van der Waals surface area contributed by atoms with E-state index in [1.807, 2.05) is 0 Å². The predicted molar refractivity (Wildman–Crippen MR) is 75.4 cm³/mol. The lowest BCUT2D eigenvalue weighted by Crippen LogP contribution is -2.17. The van der Waals surface area contributed by atoms with Gasteiger partial charge in [0, 0.05) is 43.3 Å². The molecule has 3 nitrogen and oxygen atoms in total. The molecule has 0 saturated heterocycles. The molecule has 1 aromatic heterocycles. The van der Waals surface area contributed by atoms with E-state index in [0.717, 1.165) is 19.5 Å². The highest BCUT2D eigenvalue weighted by molar-refractivity contribution is 5.86. The summed E-state index contributed by atoms with van der Waals surface area (Å²) in [5.74, 6) is 0. The van der Waals surface area contributed by atoms with Gasteiger partial charge in [-0.1, -0.05) is 0 Å². The maximum atomic E-state index is 5.94. The molecule has 1 aliphatic rings. The first-order valence-electron chi connectivity index (χ1n) is 6.58. The maximum Gasteiger partial charge on any atom is 0.0484 e. The largest absolute Gasteiger partial charge is 0.350 e. The van der Waals surface area contributed by atoms with Gasteiger partial charge in [-0.15, -0.1) is 0 Å². The van der Waals surface area contributed by atoms with Crippen molar-refractivity contribution in [3.05, 3.63) is 35.0 Å². The fourth-order valence-electron chi connectivity index (χ4n) is 3.04. The summed E-state index contributed by atoms with van der Waals surface area (Å²) >= 11 is 0. The van der Waals surface area contributed by atoms with Gasteiger partial charge in [-0.25, -0.2) is 0 Å². The Morgan fingerprint density at radius 2 is 1.89 bits per heavy atom. The summed E-state index contributed by atoms with van der Waals surface area (Å²) < 4.78 is 2.23. The van der Waals surface area contributed by atoms with Gasteiger partial charge in [0.25, 0.3) is 0 Å². The van der Waals surface area contributed by atoms with E-state index in [0.29, 0.717) is 0 Å². The highest BCUT2D eigenvalue weighted by Crippen LogP contribution is 2.30. The third-order valence-electron chi connectivity index (χ3n) is 3.82. The summed E-state index contributed by atoms with van der Waals surface area (Å²) in [5.41, 5.74) is 11.6. The van der Waals surface area contributed by atoms with Gasteiger partial charge in [0.15, 0.2) is 0 Å². The smallest absolute Gasteiger partial charge is 0.0484 e. The van der Waals surface area contributed by atoms with E-state index in [1.54, 1.807) is 0 Å². The fraction of sp³-hybridized carbons (Fsp3) is 0.467. The monoisotopic (exact) mass is 243 g/mol. The molecule has 0 bridgehead atoms. The third-order valence-corrected chi connectivity index (χ3v) is 3.82. The van der Waals surface area contributed by atoms with Crippen LogP contribution in [0.15, 0.2) is 18.3 Å². The van der Waals surface area contributed by atoms with Crippen molar-refractivity contribution in [3.8, 4) is 0 Å². The average molecular weight is 243 g/mol. The molecule has 0 radical (unpaired) electrons. The zero-order valence-corrected chi connectivity index (χ0v) is 11.4. The Morgan fingerprint density at radius 1 is 1.22 bits per heavy atom. The van der Waals surface area contributed by atoms with Gasteiger partial charge in [0.2, 0.25) is 0 Å². The normalized spacial score (nSPS) is 17.3. The maximum absolute atomic E-state index is 5.94. The second-order valence-electron chi connectivity index (χ2n) is 5.76. The SMILES string of the molecule is CC(N)Cc1cn(C)c2cc3c(cc12)CN(C)C3. The number of fused-ring (bicyclic) bond motifs is 2. The van der Waals surface area contributed by atoms with Gasteiger partial charge in [0.1, 0.15) is 0 Å². The van der Waals surface area contributed by atoms with Gasteiger partial charge < -0.3 is 10.3 Å². The Kier molecular flexibility index (Phi) is 2.68. The van der Waals surface area contributed by atoms with Crippen LogP contribution in [0.1, 0.15) is 23.6 Å². The molecular weight excluding hydrogens is 222 g/mol. The van der Waals surface area contributed by atoms with Gasteiger partial charge in [-0.05, 0) is 49.2 Å². The van der Waals surface area contributed by atoms with Crippen LogP contribution in [0, 0.1) is 0 Å². The molecule has 18 heavy (non-hydrogen) atoms. The molecule has 2 aromatic rings. The molecule has 1 aliphatic heterocycles. The highest BCUT2D eigenvalue weighted by Gasteiger charge is 2.18. The van der Waals surface area contributed by atoms with E-state index in [-0.39, 0.29) is 6.04 Å². The molecule has 2 heterocycles. The number of aromatic nitrogens is 1. The van der Waals surface area contributed by atoms with Crippen LogP contribution in [-0.2, 0) is 26.6 Å². The first kappa shape index (κ1) is 11.8. The molecule has 3 rings (SSSR count). The molecule has 3 heteroatoms. The second-order valence-corrected chi connectivity index (χ2v) is 5.76. The number of hydrogen-bond donors (Lipinski definition) is 1. The highest BCUT2D eigenvalue weighted by atomic mass is 15.1. The molecule has 0 spiro atoms. The Labute approximate surface area is 108 Å². The van der Waals surface area contributed by atoms with Crippen LogP contribution in [0.2, 0.25) is 0 Å². The number of aryl methyl sites for hydroxylation is 1. The lowest BCUT2D eigenvalue weighted by atomic mass is 10.0. The fourth-order valence-corrected chi connectivity index (χ4v) is 3.04. The third kappa shape index (κ3) is 1.84. The first-order valence-corrected chi connectivity index (χ1v) is 6.58. The Morgan fingerprint density at radius 3 is 2.56 bits per heavy atom. The van der Waals surface area contributed by atoms with E-state index in [1.165, 1.54) is 27.6 Å². The van der Waals surface area contributed by atoms with Gasteiger partial charge >= 0.3 is 0 Å². The number of nitrogens with two attached hydrogens (primary N) is 1. The van der Waals surface area contributed by atoms with Crippen molar-refractivity contribution in [1.82, 2.24) is 9.47 Å². The molecule has 2 N–H and O–H groups in total. The minimum atomic E-state index is 0.214. The van der Waals surface area contributed by atoms with Crippen molar-refractivity contribution in [2.45, 2.75) is 32.5 Å². The van der Waals surface area contributed by atoms with Crippen molar-refractivity contribution >= 4 is 10.9 Å². The standard InChI is InChI=1S/C15H21N3/c1-10(16)4-13-9-18(3)15-6-12-8-17(2)7-11(12)5-14(13)15/h5-6,9-10H,4,7-8,16H2,1-3H3. The van der Waals surface area contributed by atoms with Crippen molar-refractivity contribution in [3.63, 3.8) is 0 Å². The van der Waals surface area contributed by atoms with Gasteiger partial charge in [-0.2, -0.15) is 0 Å². The zero-order valence-electron chi connectivity index (χ0n) is 11.4. The summed E-state index contributed by atoms with van der Waals surface area (Å²) in [6.07, 6.45) is 3.18.